The molecule has 1 amide bonds. The SMILES string of the molecule is CC(=O)SC1CC(=O)N(CC(C)c2nc(C)cs2)C1. The highest BCUT2D eigenvalue weighted by Gasteiger charge is 2.32. The van der Waals surface area contributed by atoms with E-state index in [0.29, 0.717) is 19.5 Å². The Morgan fingerprint density at radius 1 is 1.68 bits per heavy atom. The van der Waals surface area contributed by atoms with Gasteiger partial charge in [0.25, 0.3) is 0 Å². The van der Waals surface area contributed by atoms with Crippen LogP contribution < -0.4 is 0 Å². The van der Waals surface area contributed by atoms with Crippen molar-refractivity contribution in [3.63, 3.8) is 0 Å². The van der Waals surface area contributed by atoms with E-state index in [0.717, 1.165) is 10.7 Å². The Labute approximate surface area is 121 Å². The van der Waals surface area contributed by atoms with Crippen LogP contribution in [0.2, 0.25) is 0 Å². The summed E-state index contributed by atoms with van der Waals surface area (Å²) in [5, 5.41) is 3.32. The number of thioether (sulfide) groups is 1. The molecule has 0 spiro atoms. The molecule has 1 aromatic heterocycles. The summed E-state index contributed by atoms with van der Waals surface area (Å²) in [6.07, 6.45) is 0.480. The molecule has 2 rings (SSSR count). The first-order valence-electron chi connectivity index (χ1n) is 6.32. The molecule has 4 nitrogen and oxygen atoms in total. The molecule has 1 fully saturated rings. The summed E-state index contributed by atoms with van der Waals surface area (Å²) in [5.74, 6) is 0.405. The van der Waals surface area contributed by atoms with Gasteiger partial charge in [-0.25, -0.2) is 4.98 Å². The lowest BCUT2D eigenvalue weighted by atomic mass is 10.2. The van der Waals surface area contributed by atoms with Crippen LogP contribution in [0.25, 0.3) is 0 Å². The molecule has 19 heavy (non-hydrogen) atoms. The van der Waals surface area contributed by atoms with Crippen molar-refractivity contribution in [2.75, 3.05) is 13.1 Å². The maximum atomic E-state index is 11.9. The van der Waals surface area contributed by atoms with Gasteiger partial charge in [-0.05, 0) is 6.92 Å². The van der Waals surface area contributed by atoms with Crippen LogP contribution in [0.1, 0.15) is 36.9 Å². The quantitative estimate of drug-likeness (QED) is 0.856. The first kappa shape index (κ1) is 14.5. The molecule has 104 valence electrons. The smallest absolute Gasteiger partial charge is 0.223 e. The molecule has 2 atom stereocenters. The number of thiazole rings is 1. The molecule has 1 saturated heterocycles. The Balaban J connectivity index is 1.92. The molecule has 2 unspecified atom stereocenters. The number of rotatable bonds is 4. The number of nitrogens with zero attached hydrogens (tertiary/aromatic N) is 2. The molecule has 0 bridgehead atoms. The Morgan fingerprint density at radius 2 is 2.42 bits per heavy atom. The maximum absolute atomic E-state index is 11.9. The molecule has 0 saturated carbocycles. The number of aromatic nitrogens is 1. The first-order valence-corrected chi connectivity index (χ1v) is 8.08. The maximum Gasteiger partial charge on any atom is 0.223 e. The van der Waals surface area contributed by atoms with Gasteiger partial charge in [-0.15, -0.1) is 11.3 Å². The molecule has 1 aliphatic rings. The van der Waals surface area contributed by atoms with E-state index < -0.39 is 0 Å². The fourth-order valence-electron chi connectivity index (χ4n) is 2.23. The monoisotopic (exact) mass is 298 g/mol. The van der Waals surface area contributed by atoms with Gasteiger partial charge in [0.05, 0.1) is 5.01 Å². The van der Waals surface area contributed by atoms with E-state index in [-0.39, 0.29) is 22.2 Å². The summed E-state index contributed by atoms with van der Waals surface area (Å²) < 4.78 is 0. The fraction of sp³-hybridized carbons (Fsp3) is 0.615. The highest BCUT2D eigenvalue weighted by molar-refractivity contribution is 8.14. The second-order valence-electron chi connectivity index (χ2n) is 4.96. The highest BCUT2D eigenvalue weighted by atomic mass is 32.2. The minimum Gasteiger partial charge on any atom is -0.341 e. The largest absolute Gasteiger partial charge is 0.341 e. The number of hydrogen-bond acceptors (Lipinski definition) is 5. The number of amides is 1. The van der Waals surface area contributed by atoms with Gasteiger partial charge in [-0.2, -0.15) is 0 Å². The van der Waals surface area contributed by atoms with E-state index >= 15 is 0 Å². The van der Waals surface area contributed by atoms with Crippen molar-refractivity contribution in [3.8, 4) is 0 Å². The zero-order chi connectivity index (χ0) is 14.0. The first-order chi connectivity index (χ1) is 8.95. The third-order valence-electron chi connectivity index (χ3n) is 3.06. The zero-order valence-electron chi connectivity index (χ0n) is 11.4. The third-order valence-corrected chi connectivity index (χ3v) is 5.24. The number of carbonyl (C=O) groups excluding carboxylic acids is 2. The Morgan fingerprint density at radius 3 is 3.00 bits per heavy atom. The molecule has 2 heterocycles. The average molecular weight is 298 g/mol. The van der Waals surface area contributed by atoms with E-state index in [2.05, 4.69) is 11.9 Å². The van der Waals surface area contributed by atoms with Crippen molar-refractivity contribution in [1.29, 1.82) is 0 Å². The Hall–Kier alpha value is -0.880. The summed E-state index contributed by atoms with van der Waals surface area (Å²) in [7, 11) is 0. The number of aryl methyl sites for hydroxylation is 1. The van der Waals surface area contributed by atoms with Crippen LogP contribution in [-0.2, 0) is 9.59 Å². The van der Waals surface area contributed by atoms with E-state index in [1.165, 1.54) is 11.8 Å². The van der Waals surface area contributed by atoms with Crippen molar-refractivity contribution >= 4 is 34.1 Å². The second kappa shape index (κ2) is 6.05. The molecular weight excluding hydrogens is 280 g/mol. The van der Waals surface area contributed by atoms with Gasteiger partial charge in [0.2, 0.25) is 5.91 Å². The van der Waals surface area contributed by atoms with Crippen LogP contribution in [0.4, 0.5) is 0 Å². The summed E-state index contributed by atoms with van der Waals surface area (Å²) >= 11 is 2.93. The van der Waals surface area contributed by atoms with Crippen LogP contribution in [0.5, 0.6) is 0 Å². The normalized spacial score (nSPS) is 20.9. The summed E-state index contributed by atoms with van der Waals surface area (Å²) in [5.41, 5.74) is 1.03. The van der Waals surface area contributed by atoms with Crippen LogP contribution in [0.15, 0.2) is 5.38 Å². The van der Waals surface area contributed by atoms with Gasteiger partial charge in [0.1, 0.15) is 0 Å². The summed E-state index contributed by atoms with van der Waals surface area (Å²) in [6, 6.07) is 0. The summed E-state index contributed by atoms with van der Waals surface area (Å²) in [4.78, 5) is 29.3. The number of carbonyl (C=O) groups is 2. The minimum atomic E-state index is 0.0863. The van der Waals surface area contributed by atoms with Gasteiger partial charge in [0.15, 0.2) is 5.12 Å². The number of likely N-dealkylation sites (tertiary alicyclic amines) is 1. The second-order valence-corrected chi connectivity index (χ2v) is 7.33. The molecule has 0 aromatic carbocycles. The molecule has 6 heteroatoms. The van der Waals surface area contributed by atoms with Crippen LogP contribution in [0.3, 0.4) is 0 Å². The Bertz CT molecular complexity index is 487. The van der Waals surface area contributed by atoms with Crippen LogP contribution >= 0.6 is 23.1 Å². The van der Waals surface area contributed by atoms with Gasteiger partial charge >= 0.3 is 0 Å². The molecule has 1 aromatic rings. The average Bonchev–Trinajstić information content (AvgIpc) is 2.86. The molecule has 1 aliphatic heterocycles. The number of hydrogen-bond donors (Lipinski definition) is 0. The van der Waals surface area contributed by atoms with E-state index in [4.69, 9.17) is 0 Å². The topological polar surface area (TPSA) is 50.3 Å². The van der Waals surface area contributed by atoms with E-state index in [1.54, 1.807) is 18.3 Å². The third kappa shape index (κ3) is 3.79. The predicted octanol–water partition coefficient (Wildman–Crippen LogP) is 2.44. The molecular formula is C13H18N2O2S2. The minimum absolute atomic E-state index is 0.0863. The van der Waals surface area contributed by atoms with Crippen molar-refractivity contribution < 1.29 is 9.59 Å². The Kier molecular flexibility index (Phi) is 4.62. The van der Waals surface area contributed by atoms with E-state index in [1.807, 2.05) is 17.2 Å². The molecule has 0 aliphatic carbocycles. The standard InChI is InChI=1S/C13H18N2O2S2/c1-8(13-14-9(2)7-18-13)5-15-6-11(4-12(15)17)19-10(3)16/h7-8,11H,4-6H2,1-3H3. The van der Waals surface area contributed by atoms with Crippen molar-refractivity contribution in [3.05, 3.63) is 16.1 Å². The lowest BCUT2D eigenvalue weighted by molar-refractivity contribution is -0.127. The fourth-order valence-corrected chi connectivity index (χ4v) is 4.03. The molecule has 0 radical (unpaired) electrons. The van der Waals surface area contributed by atoms with Gasteiger partial charge in [0, 0.05) is 48.7 Å². The highest BCUT2D eigenvalue weighted by Crippen LogP contribution is 2.27. The summed E-state index contributed by atoms with van der Waals surface area (Å²) in [6.45, 7) is 7.00. The van der Waals surface area contributed by atoms with Crippen molar-refractivity contribution in [2.45, 2.75) is 38.4 Å². The lowest BCUT2D eigenvalue weighted by Crippen LogP contribution is -2.29. The molecule has 0 N–H and O–H groups in total. The van der Waals surface area contributed by atoms with Crippen molar-refractivity contribution in [1.82, 2.24) is 9.88 Å². The van der Waals surface area contributed by atoms with Gasteiger partial charge in [-0.1, -0.05) is 18.7 Å². The van der Waals surface area contributed by atoms with Gasteiger partial charge in [-0.3, -0.25) is 9.59 Å². The van der Waals surface area contributed by atoms with E-state index in [9.17, 15) is 9.59 Å². The lowest BCUT2D eigenvalue weighted by Gasteiger charge is -2.19. The zero-order valence-corrected chi connectivity index (χ0v) is 13.0. The van der Waals surface area contributed by atoms with Crippen molar-refractivity contribution in [2.24, 2.45) is 0 Å². The predicted molar refractivity (Wildman–Crippen MR) is 78.5 cm³/mol. The van der Waals surface area contributed by atoms with Crippen LogP contribution in [0, 0.1) is 6.92 Å². The van der Waals surface area contributed by atoms with Gasteiger partial charge < -0.3 is 4.90 Å². The van der Waals surface area contributed by atoms with Crippen LogP contribution in [-0.4, -0.2) is 39.2 Å².